The maximum absolute atomic E-state index is 12.6. The Balaban J connectivity index is 1.53. The van der Waals surface area contributed by atoms with Crippen LogP contribution in [0.2, 0.25) is 5.02 Å². The van der Waals surface area contributed by atoms with Gasteiger partial charge < -0.3 is 4.74 Å². The molecule has 3 aromatic rings. The van der Waals surface area contributed by atoms with Gasteiger partial charge in [0.15, 0.2) is 0 Å². The molecule has 6 nitrogen and oxygen atoms in total. The van der Waals surface area contributed by atoms with Gasteiger partial charge in [0.2, 0.25) is 5.91 Å². The van der Waals surface area contributed by atoms with E-state index in [2.05, 4.69) is 13.8 Å². The maximum atomic E-state index is 12.6. The Morgan fingerprint density at radius 2 is 2.08 bits per heavy atom. The van der Waals surface area contributed by atoms with Gasteiger partial charge in [0.05, 0.1) is 37.5 Å². The monoisotopic (exact) mass is 386 g/mol. The van der Waals surface area contributed by atoms with Crippen molar-refractivity contribution in [1.29, 1.82) is 0 Å². The zero-order valence-corrected chi connectivity index (χ0v) is 15.5. The van der Waals surface area contributed by atoms with Crippen molar-refractivity contribution in [2.45, 2.75) is 12.8 Å². The SMILES string of the molecule is COc1ccc(Cl)cc1C1=NN(C(=O)Cc2ccc3nsnc3c2)CC1. The quantitative estimate of drug-likeness (QED) is 0.687. The Kier molecular flexibility index (Phi) is 4.57. The van der Waals surface area contributed by atoms with E-state index in [0.717, 1.165) is 27.9 Å². The van der Waals surface area contributed by atoms with Gasteiger partial charge in [-0.05, 0) is 35.9 Å². The van der Waals surface area contributed by atoms with E-state index in [1.165, 1.54) is 16.7 Å². The van der Waals surface area contributed by atoms with Crippen LogP contribution < -0.4 is 4.74 Å². The number of nitrogens with zero attached hydrogens (tertiary/aromatic N) is 4. The van der Waals surface area contributed by atoms with Gasteiger partial charge in [-0.1, -0.05) is 17.7 Å². The number of carbonyl (C=O) groups excluding carboxylic acids is 1. The molecular formula is C18H15ClN4O2S. The van der Waals surface area contributed by atoms with E-state index in [9.17, 15) is 4.79 Å². The maximum Gasteiger partial charge on any atom is 0.247 e. The molecule has 0 fully saturated rings. The first-order valence-corrected chi connectivity index (χ1v) is 9.18. The first-order valence-electron chi connectivity index (χ1n) is 8.07. The summed E-state index contributed by atoms with van der Waals surface area (Å²) >= 11 is 7.26. The van der Waals surface area contributed by atoms with Gasteiger partial charge in [-0.3, -0.25) is 4.79 Å². The molecule has 4 rings (SSSR count). The van der Waals surface area contributed by atoms with Gasteiger partial charge in [0, 0.05) is 17.0 Å². The van der Waals surface area contributed by atoms with Crippen molar-refractivity contribution in [3.8, 4) is 5.75 Å². The fourth-order valence-corrected chi connectivity index (χ4v) is 3.63. The lowest BCUT2D eigenvalue weighted by atomic mass is 10.1. The van der Waals surface area contributed by atoms with Crippen LogP contribution in [0.5, 0.6) is 5.75 Å². The Hall–Kier alpha value is -2.51. The third kappa shape index (κ3) is 3.27. The number of carbonyl (C=O) groups is 1. The molecule has 8 heteroatoms. The highest BCUT2D eigenvalue weighted by Gasteiger charge is 2.23. The molecule has 0 saturated carbocycles. The molecule has 132 valence electrons. The summed E-state index contributed by atoms with van der Waals surface area (Å²) in [5, 5.41) is 6.62. The summed E-state index contributed by atoms with van der Waals surface area (Å²) in [6, 6.07) is 11.1. The van der Waals surface area contributed by atoms with Gasteiger partial charge in [-0.2, -0.15) is 13.8 Å². The molecule has 1 aliphatic rings. The van der Waals surface area contributed by atoms with Crippen LogP contribution in [-0.4, -0.2) is 39.0 Å². The molecule has 0 atom stereocenters. The summed E-state index contributed by atoms with van der Waals surface area (Å²) in [6.45, 7) is 0.546. The summed E-state index contributed by atoms with van der Waals surface area (Å²) < 4.78 is 13.8. The highest BCUT2D eigenvalue weighted by atomic mass is 35.5. The minimum atomic E-state index is -0.0523. The largest absolute Gasteiger partial charge is 0.496 e. The molecule has 1 aliphatic heterocycles. The van der Waals surface area contributed by atoms with Gasteiger partial charge >= 0.3 is 0 Å². The second kappa shape index (κ2) is 7.01. The molecule has 2 aromatic carbocycles. The van der Waals surface area contributed by atoms with Crippen LogP contribution in [0.3, 0.4) is 0 Å². The minimum Gasteiger partial charge on any atom is -0.496 e. The number of halogens is 1. The molecule has 1 amide bonds. The Labute approximate surface area is 159 Å². The van der Waals surface area contributed by atoms with E-state index in [-0.39, 0.29) is 12.3 Å². The van der Waals surface area contributed by atoms with Crippen molar-refractivity contribution in [2.24, 2.45) is 5.10 Å². The first-order chi connectivity index (χ1) is 12.6. The van der Waals surface area contributed by atoms with Gasteiger partial charge in [-0.15, -0.1) is 0 Å². The third-order valence-corrected chi connectivity index (χ3v) is 5.03. The van der Waals surface area contributed by atoms with Crippen LogP contribution >= 0.6 is 23.3 Å². The van der Waals surface area contributed by atoms with Crippen molar-refractivity contribution in [1.82, 2.24) is 13.8 Å². The summed E-state index contributed by atoms with van der Waals surface area (Å²) in [6.07, 6.45) is 0.939. The zero-order chi connectivity index (χ0) is 18.1. The topological polar surface area (TPSA) is 67.7 Å². The van der Waals surface area contributed by atoms with Crippen molar-refractivity contribution in [3.05, 3.63) is 52.5 Å². The molecule has 0 aliphatic carbocycles. The molecular weight excluding hydrogens is 372 g/mol. The zero-order valence-electron chi connectivity index (χ0n) is 14.0. The second-order valence-electron chi connectivity index (χ2n) is 5.92. The number of amides is 1. The molecule has 2 heterocycles. The van der Waals surface area contributed by atoms with Crippen LogP contribution in [0, 0.1) is 0 Å². The second-order valence-corrected chi connectivity index (χ2v) is 6.89. The highest BCUT2D eigenvalue weighted by molar-refractivity contribution is 7.00. The number of hydrazone groups is 1. The molecule has 1 aromatic heterocycles. The van der Waals surface area contributed by atoms with Gasteiger partial charge in [0.25, 0.3) is 0 Å². The number of rotatable bonds is 4. The van der Waals surface area contributed by atoms with Crippen LogP contribution in [0.4, 0.5) is 0 Å². The predicted octanol–water partition coefficient (Wildman–Crippen LogP) is 3.53. The van der Waals surface area contributed by atoms with E-state index in [4.69, 9.17) is 16.3 Å². The van der Waals surface area contributed by atoms with Gasteiger partial charge in [0.1, 0.15) is 16.8 Å². The van der Waals surface area contributed by atoms with Gasteiger partial charge in [-0.25, -0.2) is 5.01 Å². The Morgan fingerprint density at radius 1 is 1.23 bits per heavy atom. The highest BCUT2D eigenvalue weighted by Crippen LogP contribution is 2.27. The number of methoxy groups -OCH3 is 1. The first kappa shape index (κ1) is 16.9. The van der Waals surface area contributed by atoms with E-state index >= 15 is 0 Å². The molecule has 0 N–H and O–H groups in total. The van der Waals surface area contributed by atoms with E-state index in [1.807, 2.05) is 30.3 Å². The fraction of sp³-hybridized carbons (Fsp3) is 0.222. The fourth-order valence-electron chi connectivity index (χ4n) is 2.94. The smallest absolute Gasteiger partial charge is 0.247 e. The molecule has 0 spiro atoms. The van der Waals surface area contributed by atoms with E-state index in [0.29, 0.717) is 23.7 Å². The van der Waals surface area contributed by atoms with Crippen molar-refractivity contribution in [2.75, 3.05) is 13.7 Å². The average molecular weight is 387 g/mol. The van der Waals surface area contributed by atoms with Crippen LogP contribution in [0.15, 0.2) is 41.5 Å². The number of fused-ring (bicyclic) bond motifs is 1. The Morgan fingerprint density at radius 3 is 2.92 bits per heavy atom. The number of hydrogen-bond acceptors (Lipinski definition) is 6. The van der Waals surface area contributed by atoms with Crippen molar-refractivity contribution < 1.29 is 9.53 Å². The predicted molar refractivity (Wildman–Crippen MR) is 102 cm³/mol. The summed E-state index contributed by atoms with van der Waals surface area (Å²) in [7, 11) is 1.61. The minimum absolute atomic E-state index is 0.0523. The van der Waals surface area contributed by atoms with Crippen LogP contribution in [0.1, 0.15) is 17.5 Å². The molecule has 26 heavy (non-hydrogen) atoms. The van der Waals surface area contributed by atoms with Crippen LogP contribution in [0.25, 0.3) is 11.0 Å². The van der Waals surface area contributed by atoms with E-state index < -0.39 is 0 Å². The molecule has 0 unspecified atom stereocenters. The lowest BCUT2D eigenvalue weighted by molar-refractivity contribution is -0.130. The lowest BCUT2D eigenvalue weighted by Crippen LogP contribution is -2.25. The standard InChI is InChI=1S/C18H15ClN4O2S/c1-25-17-5-3-12(19)10-13(17)14-6-7-23(20-14)18(24)9-11-2-4-15-16(8-11)22-26-21-15/h2-5,8,10H,6-7,9H2,1H3. The summed E-state index contributed by atoms with van der Waals surface area (Å²) in [4.78, 5) is 12.6. The number of hydrogen-bond donors (Lipinski definition) is 0. The molecule has 0 radical (unpaired) electrons. The summed E-state index contributed by atoms with van der Waals surface area (Å²) in [5.74, 6) is 0.646. The normalized spacial score (nSPS) is 13.9. The number of benzene rings is 2. The molecule has 0 saturated heterocycles. The van der Waals surface area contributed by atoms with Crippen LogP contribution in [-0.2, 0) is 11.2 Å². The average Bonchev–Trinajstić information content (AvgIpc) is 3.30. The van der Waals surface area contributed by atoms with Crippen molar-refractivity contribution >= 4 is 46.0 Å². The van der Waals surface area contributed by atoms with E-state index in [1.54, 1.807) is 13.2 Å². The number of ether oxygens (including phenoxy) is 1. The Bertz CT molecular complexity index is 1020. The van der Waals surface area contributed by atoms with Crippen molar-refractivity contribution in [3.63, 3.8) is 0 Å². The lowest BCUT2D eigenvalue weighted by Gasteiger charge is -2.11. The molecule has 0 bridgehead atoms. The third-order valence-electron chi connectivity index (χ3n) is 4.24. The summed E-state index contributed by atoms with van der Waals surface area (Å²) in [5.41, 5.74) is 4.19. The number of aromatic nitrogens is 2.